The number of methoxy groups -OCH3 is 1. The van der Waals surface area contributed by atoms with E-state index in [1.165, 1.54) is 5.56 Å². The molecule has 1 aliphatic rings. The maximum atomic E-state index is 12.1. The molecule has 0 aromatic heterocycles. The van der Waals surface area contributed by atoms with Crippen LogP contribution in [-0.4, -0.2) is 55.4 Å². The first kappa shape index (κ1) is 17.9. The first-order valence-corrected chi connectivity index (χ1v) is 8.34. The summed E-state index contributed by atoms with van der Waals surface area (Å²) in [7, 11) is 1.63. The smallest absolute Gasteiger partial charge is 0.251 e. The van der Waals surface area contributed by atoms with Crippen molar-refractivity contribution in [2.75, 3.05) is 33.4 Å². The standard InChI is InChI=1S/C18H28N2O3/c1-14(13-23-2)19-18(22)17-5-3-15(4-6-17)11-20-9-7-16(12-21)8-10-20/h3-6,14,16,21H,7-13H2,1-2H3,(H,19,22). The van der Waals surface area contributed by atoms with Gasteiger partial charge in [0.1, 0.15) is 0 Å². The van der Waals surface area contributed by atoms with E-state index in [0.717, 1.165) is 32.5 Å². The first-order chi connectivity index (χ1) is 11.1. The van der Waals surface area contributed by atoms with Gasteiger partial charge in [0.15, 0.2) is 0 Å². The maximum absolute atomic E-state index is 12.1. The Balaban J connectivity index is 1.83. The quantitative estimate of drug-likeness (QED) is 0.802. The zero-order valence-corrected chi connectivity index (χ0v) is 14.1. The van der Waals surface area contributed by atoms with Crippen LogP contribution in [0.4, 0.5) is 0 Å². The highest BCUT2D eigenvalue weighted by atomic mass is 16.5. The van der Waals surface area contributed by atoms with Crippen molar-refractivity contribution in [3.8, 4) is 0 Å². The fourth-order valence-electron chi connectivity index (χ4n) is 2.95. The largest absolute Gasteiger partial charge is 0.396 e. The number of hydrogen-bond acceptors (Lipinski definition) is 4. The van der Waals surface area contributed by atoms with Crippen molar-refractivity contribution in [2.45, 2.75) is 32.4 Å². The predicted molar refractivity (Wildman–Crippen MR) is 90.3 cm³/mol. The molecule has 0 bridgehead atoms. The third-order valence-electron chi connectivity index (χ3n) is 4.38. The summed E-state index contributed by atoms with van der Waals surface area (Å²) in [5, 5.41) is 12.1. The molecule has 1 aliphatic heterocycles. The Labute approximate surface area is 138 Å². The van der Waals surface area contributed by atoms with Gasteiger partial charge in [0.05, 0.1) is 6.61 Å². The number of carbonyl (C=O) groups is 1. The Morgan fingerprint density at radius 2 is 2.00 bits per heavy atom. The molecule has 1 heterocycles. The highest BCUT2D eigenvalue weighted by molar-refractivity contribution is 5.94. The van der Waals surface area contributed by atoms with Crippen LogP contribution in [0.25, 0.3) is 0 Å². The van der Waals surface area contributed by atoms with Crippen molar-refractivity contribution < 1.29 is 14.6 Å². The third kappa shape index (κ3) is 5.61. The average Bonchev–Trinajstić information content (AvgIpc) is 2.56. The number of hydrogen-bond donors (Lipinski definition) is 2. The van der Waals surface area contributed by atoms with Crippen LogP contribution in [0, 0.1) is 5.92 Å². The normalized spacial score (nSPS) is 17.9. The van der Waals surface area contributed by atoms with Gasteiger partial charge in [-0.05, 0) is 56.5 Å². The summed E-state index contributed by atoms with van der Waals surface area (Å²) in [6.07, 6.45) is 2.13. The van der Waals surface area contributed by atoms with E-state index in [1.54, 1.807) is 7.11 Å². The molecule has 5 nitrogen and oxygen atoms in total. The molecule has 0 aliphatic carbocycles. The summed E-state index contributed by atoms with van der Waals surface area (Å²) in [4.78, 5) is 14.5. The zero-order valence-electron chi connectivity index (χ0n) is 14.1. The summed E-state index contributed by atoms with van der Waals surface area (Å²) in [5.74, 6) is 0.399. The van der Waals surface area contributed by atoms with Crippen LogP contribution in [0.1, 0.15) is 35.7 Å². The van der Waals surface area contributed by atoms with Crippen LogP contribution >= 0.6 is 0 Å². The van der Waals surface area contributed by atoms with E-state index < -0.39 is 0 Å². The molecule has 1 aromatic carbocycles. The number of rotatable bonds is 7. The minimum Gasteiger partial charge on any atom is -0.396 e. The van der Waals surface area contributed by atoms with Crippen molar-refractivity contribution in [3.63, 3.8) is 0 Å². The molecule has 2 N–H and O–H groups in total. The van der Waals surface area contributed by atoms with Gasteiger partial charge in [-0.3, -0.25) is 9.69 Å². The predicted octanol–water partition coefficient (Wildman–Crippen LogP) is 1.66. The number of nitrogens with one attached hydrogen (secondary N) is 1. The van der Waals surface area contributed by atoms with Crippen molar-refractivity contribution in [3.05, 3.63) is 35.4 Å². The van der Waals surface area contributed by atoms with Crippen LogP contribution in [0.2, 0.25) is 0 Å². The summed E-state index contributed by atoms with van der Waals surface area (Å²) in [6, 6.07) is 7.80. The molecule has 0 spiro atoms. The summed E-state index contributed by atoms with van der Waals surface area (Å²) in [5.41, 5.74) is 1.89. The Hall–Kier alpha value is -1.43. The number of amides is 1. The molecule has 1 amide bonds. The minimum atomic E-state index is -0.0649. The maximum Gasteiger partial charge on any atom is 0.251 e. The van der Waals surface area contributed by atoms with Gasteiger partial charge in [0.2, 0.25) is 0 Å². The number of carbonyl (C=O) groups excluding carboxylic acids is 1. The van der Waals surface area contributed by atoms with Gasteiger partial charge in [-0.15, -0.1) is 0 Å². The van der Waals surface area contributed by atoms with E-state index in [1.807, 2.05) is 31.2 Å². The van der Waals surface area contributed by atoms with E-state index in [-0.39, 0.29) is 11.9 Å². The van der Waals surface area contributed by atoms with Crippen molar-refractivity contribution in [1.29, 1.82) is 0 Å². The highest BCUT2D eigenvalue weighted by Gasteiger charge is 2.18. The van der Waals surface area contributed by atoms with Crippen LogP contribution in [0.15, 0.2) is 24.3 Å². The van der Waals surface area contributed by atoms with Gasteiger partial charge >= 0.3 is 0 Å². The van der Waals surface area contributed by atoms with Gasteiger partial charge in [-0.25, -0.2) is 0 Å². The number of piperidine rings is 1. The second kappa shape index (κ2) is 9.01. The Kier molecular flexibility index (Phi) is 7.02. The second-order valence-electron chi connectivity index (χ2n) is 6.43. The van der Waals surface area contributed by atoms with Crippen molar-refractivity contribution in [1.82, 2.24) is 10.2 Å². The van der Waals surface area contributed by atoms with Crippen LogP contribution in [-0.2, 0) is 11.3 Å². The molecule has 1 unspecified atom stereocenters. The Morgan fingerprint density at radius 3 is 2.57 bits per heavy atom. The molecule has 2 rings (SSSR count). The molecule has 0 saturated carbocycles. The van der Waals surface area contributed by atoms with E-state index >= 15 is 0 Å². The number of ether oxygens (including phenoxy) is 1. The molecular formula is C18H28N2O3. The number of benzene rings is 1. The molecular weight excluding hydrogens is 292 g/mol. The van der Waals surface area contributed by atoms with Gasteiger partial charge in [-0.2, -0.15) is 0 Å². The first-order valence-electron chi connectivity index (χ1n) is 8.34. The lowest BCUT2D eigenvalue weighted by molar-refractivity contribution is 0.0905. The lowest BCUT2D eigenvalue weighted by Gasteiger charge is -2.31. The molecule has 0 radical (unpaired) electrons. The summed E-state index contributed by atoms with van der Waals surface area (Å²) < 4.78 is 5.02. The van der Waals surface area contributed by atoms with Gasteiger partial charge in [0.25, 0.3) is 5.91 Å². The van der Waals surface area contributed by atoms with Crippen LogP contribution in [0.3, 0.4) is 0 Å². The fraction of sp³-hybridized carbons (Fsp3) is 0.611. The Morgan fingerprint density at radius 1 is 1.35 bits per heavy atom. The molecule has 1 fully saturated rings. The molecule has 23 heavy (non-hydrogen) atoms. The van der Waals surface area contributed by atoms with Crippen molar-refractivity contribution >= 4 is 5.91 Å². The number of likely N-dealkylation sites (tertiary alicyclic amines) is 1. The Bertz CT molecular complexity index is 482. The van der Waals surface area contributed by atoms with Gasteiger partial charge in [-0.1, -0.05) is 12.1 Å². The lowest BCUT2D eigenvalue weighted by Crippen LogP contribution is -2.35. The highest BCUT2D eigenvalue weighted by Crippen LogP contribution is 2.18. The topological polar surface area (TPSA) is 61.8 Å². The third-order valence-corrected chi connectivity index (χ3v) is 4.38. The molecule has 128 valence electrons. The summed E-state index contributed by atoms with van der Waals surface area (Å²) >= 11 is 0. The zero-order chi connectivity index (χ0) is 16.7. The number of aliphatic hydroxyl groups is 1. The second-order valence-corrected chi connectivity index (χ2v) is 6.43. The molecule has 1 atom stereocenters. The van der Waals surface area contributed by atoms with Gasteiger partial charge in [0, 0.05) is 31.9 Å². The average molecular weight is 320 g/mol. The van der Waals surface area contributed by atoms with Gasteiger partial charge < -0.3 is 15.2 Å². The van der Waals surface area contributed by atoms with E-state index in [9.17, 15) is 9.90 Å². The van der Waals surface area contributed by atoms with Crippen molar-refractivity contribution in [2.24, 2.45) is 5.92 Å². The monoisotopic (exact) mass is 320 g/mol. The summed E-state index contributed by atoms with van der Waals surface area (Å²) in [6.45, 7) is 5.70. The van der Waals surface area contributed by atoms with Crippen LogP contribution < -0.4 is 5.32 Å². The SMILES string of the molecule is COCC(C)NC(=O)c1ccc(CN2CCC(CO)CC2)cc1. The fourth-order valence-corrected chi connectivity index (χ4v) is 2.95. The van der Waals surface area contributed by atoms with E-state index in [4.69, 9.17) is 4.74 Å². The molecule has 1 saturated heterocycles. The molecule has 5 heteroatoms. The van der Waals surface area contributed by atoms with E-state index in [2.05, 4.69) is 10.2 Å². The minimum absolute atomic E-state index is 0.00000269. The van der Waals surface area contributed by atoms with E-state index in [0.29, 0.717) is 24.7 Å². The lowest BCUT2D eigenvalue weighted by atomic mass is 9.97. The number of nitrogens with zero attached hydrogens (tertiary/aromatic N) is 1. The molecule has 1 aromatic rings. The number of aliphatic hydroxyl groups excluding tert-OH is 1. The van der Waals surface area contributed by atoms with Crippen LogP contribution in [0.5, 0.6) is 0 Å².